The van der Waals surface area contributed by atoms with Crippen LogP contribution >= 0.6 is 11.8 Å². The van der Waals surface area contributed by atoms with E-state index in [1.807, 2.05) is 0 Å². The standard InChI is InChI=1S/C59H81N7O14S/c1-28(2)26-66-19-17-59(18-20-66)64-46-42-43-51(72)34(8)54-44(42)55(74)58(10,80-54)78-21-16-39(77-11)31(5)53(79-35(9)67)33(7)50(71)32(6)49(70)29(3)22-36(23-30(4)56(75)62-48(52(43)73)47(46)65-59)24-37(68)25-60-41(69)15-13-12-14-40-45-38(27-81-40)61-57(76)63-45/h16,21-23,28-29,31-33,38-40,45,49-50,53,65,70-72H,12-15,17-20,24-27H2,1-11H3,(H,60,69)(H,62,75)(H2,61,63,76)/b21-16+,30-23-,36-22-/t29-,31+,32+,33+,38?,39-,40?,45?,49-,50+,53+,58-/m0/s1. The third-order valence-corrected chi connectivity index (χ3v) is 18.6. The van der Waals surface area contributed by atoms with Crippen molar-refractivity contribution < 1.29 is 67.8 Å². The van der Waals surface area contributed by atoms with Crippen LogP contribution in [0.3, 0.4) is 0 Å². The van der Waals surface area contributed by atoms with Crippen LogP contribution in [0.25, 0.3) is 0 Å². The second kappa shape index (κ2) is 24.8. The van der Waals surface area contributed by atoms with E-state index in [2.05, 4.69) is 45.3 Å². The molecule has 22 heteroatoms. The highest BCUT2D eigenvalue weighted by Gasteiger charge is 2.55. The minimum absolute atomic E-state index is 0.0214. The van der Waals surface area contributed by atoms with Gasteiger partial charge in [0.1, 0.15) is 29.0 Å². The number of phenolic OH excluding ortho intramolecular Hbond substituents is 1. The maximum absolute atomic E-state index is 15.1. The Morgan fingerprint density at radius 2 is 1.68 bits per heavy atom. The number of methoxy groups -OCH3 is 1. The van der Waals surface area contributed by atoms with Crippen LogP contribution in [0.5, 0.6) is 11.5 Å². The number of nitrogens with one attached hydrogen (secondary N) is 5. The lowest BCUT2D eigenvalue weighted by molar-refractivity contribution is -0.160. The van der Waals surface area contributed by atoms with Crippen LogP contribution in [0.2, 0.25) is 0 Å². The number of nitrogens with zero attached hydrogens (tertiary/aromatic N) is 2. The summed E-state index contributed by atoms with van der Waals surface area (Å²) in [6.45, 7) is 18.6. The quantitative estimate of drug-likeness (QED) is 0.0749. The number of aliphatic hydroxyl groups excluding tert-OH is 2. The Morgan fingerprint density at radius 1 is 0.963 bits per heavy atom. The number of carbonyl (C=O) groups excluding carboxylic acids is 7. The Morgan fingerprint density at radius 3 is 2.36 bits per heavy atom. The number of piperidine rings is 1. The average Bonchev–Trinajstić information content (AvgIpc) is 1.97. The van der Waals surface area contributed by atoms with Crippen molar-refractivity contribution in [3.05, 3.63) is 69.3 Å². The van der Waals surface area contributed by atoms with Crippen molar-refractivity contribution in [3.8, 4) is 11.5 Å². The monoisotopic (exact) mass is 1140 g/mol. The molecule has 8 aliphatic rings. The zero-order valence-corrected chi connectivity index (χ0v) is 49.2. The molecule has 442 valence electrons. The fraction of sp³-hybridized carbons (Fsp3) is 0.627. The van der Waals surface area contributed by atoms with Gasteiger partial charge in [-0.1, -0.05) is 60.1 Å². The summed E-state index contributed by atoms with van der Waals surface area (Å²) in [6, 6.07) is 0.00144. The Labute approximate surface area is 477 Å². The number of rotatable bonds is 13. The average molecular weight is 1140 g/mol. The number of aliphatic hydroxyl groups is 2. The van der Waals surface area contributed by atoms with Crippen molar-refractivity contribution in [2.75, 3.05) is 39.0 Å². The van der Waals surface area contributed by atoms with Crippen molar-refractivity contribution in [2.45, 2.75) is 167 Å². The number of benzene rings is 1. The number of unbranched alkanes of at least 4 members (excludes halogenated alkanes) is 1. The number of ether oxygens (including phenoxy) is 4. The summed E-state index contributed by atoms with van der Waals surface area (Å²) in [5.41, 5.74) is -0.736. The normalized spacial score (nSPS) is 32.9. The van der Waals surface area contributed by atoms with E-state index >= 15 is 4.79 Å². The van der Waals surface area contributed by atoms with E-state index in [0.717, 1.165) is 25.1 Å². The number of phenols is 1. The van der Waals surface area contributed by atoms with E-state index in [-0.39, 0.29) is 99.3 Å². The first kappa shape index (κ1) is 61.0. The van der Waals surface area contributed by atoms with Crippen LogP contribution in [0.1, 0.15) is 139 Å². The molecule has 7 heterocycles. The molecule has 1 aromatic carbocycles. The number of Topliss-reactive ketones (excluding diaryl/α,β-unsaturated/α-hetero) is 3. The second-order valence-corrected chi connectivity index (χ2v) is 25.0. The van der Waals surface area contributed by atoms with Gasteiger partial charge in [-0.25, -0.2) is 4.79 Å². The number of carbonyl (C=O) groups is 7. The smallest absolute Gasteiger partial charge is 0.315 e. The van der Waals surface area contributed by atoms with E-state index in [4.69, 9.17) is 23.9 Å². The van der Waals surface area contributed by atoms with Crippen molar-refractivity contribution in [1.82, 2.24) is 31.5 Å². The van der Waals surface area contributed by atoms with Crippen LogP contribution in [0.4, 0.5) is 4.79 Å². The van der Waals surface area contributed by atoms with E-state index in [9.17, 15) is 44.1 Å². The molecule has 12 atom stereocenters. The molecular weight excluding hydrogens is 1060 g/mol. The predicted octanol–water partition coefficient (Wildman–Crippen LogP) is 4.79. The third-order valence-electron chi connectivity index (χ3n) is 17.0. The number of amides is 4. The van der Waals surface area contributed by atoms with Crippen molar-refractivity contribution >= 4 is 58.6 Å². The lowest BCUT2D eigenvalue weighted by atomic mass is 9.78. The fourth-order valence-electron chi connectivity index (χ4n) is 12.5. The van der Waals surface area contributed by atoms with Gasteiger partial charge in [0.05, 0.1) is 65.7 Å². The highest BCUT2D eigenvalue weighted by molar-refractivity contribution is 8.00. The summed E-state index contributed by atoms with van der Waals surface area (Å²) in [5.74, 6) is -7.97. The summed E-state index contributed by atoms with van der Waals surface area (Å²) in [5, 5.41) is 51.2. The number of fused-ring (bicyclic) bond motifs is 14. The number of urea groups is 1. The molecule has 0 saturated carbocycles. The number of hydrogen-bond acceptors (Lipinski definition) is 18. The zero-order valence-electron chi connectivity index (χ0n) is 48.4. The minimum Gasteiger partial charge on any atom is -0.507 e. The van der Waals surface area contributed by atoms with Gasteiger partial charge in [0.15, 0.2) is 5.78 Å². The molecule has 0 radical (unpaired) electrons. The molecule has 1 aliphatic carbocycles. The first-order chi connectivity index (χ1) is 38.3. The first-order valence-electron chi connectivity index (χ1n) is 28.4. The molecule has 7 aliphatic heterocycles. The van der Waals surface area contributed by atoms with Gasteiger partial charge in [-0.3, -0.25) is 33.8 Å². The molecule has 3 fully saturated rings. The van der Waals surface area contributed by atoms with E-state index < -0.39 is 94.5 Å². The van der Waals surface area contributed by atoms with E-state index in [1.165, 1.54) is 53.2 Å². The topological polar surface area (TPSA) is 293 Å². The second-order valence-electron chi connectivity index (χ2n) is 23.7. The molecule has 3 unspecified atom stereocenters. The maximum Gasteiger partial charge on any atom is 0.315 e. The Kier molecular flexibility index (Phi) is 18.7. The summed E-state index contributed by atoms with van der Waals surface area (Å²) in [6.07, 6.45) is 4.52. The molecule has 1 aromatic rings. The van der Waals surface area contributed by atoms with Gasteiger partial charge in [0.25, 0.3) is 11.7 Å². The highest BCUT2D eigenvalue weighted by atomic mass is 32.2. The number of likely N-dealkylation sites (tertiary alicyclic amines) is 1. The molecule has 8 N–H and O–H groups in total. The molecule has 81 heavy (non-hydrogen) atoms. The minimum atomic E-state index is -2.04. The van der Waals surface area contributed by atoms with Gasteiger partial charge in [-0.05, 0) is 44.3 Å². The van der Waals surface area contributed by atoms with Gasteiger partial charge in [0.2, 0.25) is 11.7 Å². The SMILES string of the molecule is CO[C@H]1/C=C/O[C@@]2(C)Oc3c(C)c(O)c4c(c3C2=O)C2=NC3(CCN(CC(C)C)CC3)NC2=C(NC(=O)/C(C)=C\C(CC(=O)CNC(=O)CCCCC2SCC3NC(=O)NC32)=C\[C@H](C)[C@H](O)[C@@H](C)[C@@H](O)[C@@H](C)[C@H](OC(C)=O)[C@@H]1C)C4=O. The summed E-state index contributed by atoms with van der Waals surface area (Å²) in [7, 11) is 1.44. The molecule has 21 nitrogen and oxygen atoms in total. The number of thioether (sulfide) groups is 1. The summed E-state index contributed by atoms with van der Waals surface area (Å²) in [4.78, 5) is 104. The Bertz CT molecular complexity index is 2850. The number of esters is 1. The highest BCUT2D eigenvalue weighted by Crippen LogP contribution is 2.50. The van der Waals surface area contributed by atoms with Crippen LogP contribution in [0.15, 0.2) is 52.0 Å². The molecule has 1 spiro atoms. The predicted molar refractivity (Wildman–Crippen MR) is 302 cm³/mol. The number of ketones is 3. The van der Waals surface area contributed by atoms with Crippen LogP contribution < -0.4 is 31.3 Å². The number of aliphatic imine (C=N–C) groups is 1. The maximum atomic E-state index is 15.1. The van der Waals surface area contributed by atoms with E-state index in [0.29, 0.717) is 43.8 Å². The summed E-state index contributed by atoms with van der Waals surface area (Å²) < 4.78 is 24.2. The van der Waals surface area contributed by atoms with Gasteiger partial charge in [-0.2, -0.15) is 11.8 Å². The van der Waals surface area contributed by atoms with Crippen molar-refractivity contribution in [3.63, 3.8) is 0 Å². The zero-order chi connectivity index (χ0) is 59.0. The third kappa shape index (κ3) is 12.8. The Hall–Kier alpha value is -6.07. The number of allylic oxidation sites excluding steroid dienone is 4. The molecule has 5 bridgehead atoms. The molecule has 4 amide bonds. The van der Waals surface area contributed by atoms with Crippen LogP contribution in [0, 0.1) is 36.5 Å². The molecule has 0 aromatic heterocycles. The summed E-state index contributed by atoms with van der Waals surface area (Å²) >= 11 is 1.80. The molecule has 3 saturated heterocycles. The Balaban J connectivity index is 1.14. The van der Waals surface area contributed by atoms with Crippen molar-refractivity contribution in [2.24, 2.45) is 34.6 Å². The first-order valence-corrected chi connectivity index (χ1v) is 29.4. The van der Waals surface area contributed by atoms with Gasteiger partial charge < -0.3 is 65.8 Å². The molecular formula is C59H81N7O14S. The van der Waals surface area contributed by atoms with Crippen LogP contribution in [-0.2, 0) is 33.4 Å². The largest absolute Gasteiger partial charge is 0.507 e. The molecule has 9 rings (SSSR count). The van der Waals surface area contributed by atoms with Gasteiger partial charge in [-0.15, -0.1) is 0 Å². The number of hydrogen-bond donors (Lipinski definition) is 8. The van der Waals surface area contributed by atoms with Gasteiger partial charge in [0, 0.05) is 118 Å². The van der Waals surface area contributed by atoms with Crippen molar-refractivity contribution in [1.29, 1.82) is 0 Å². The van der Waals surface area contributed by atoms with Gasteiger partial charge >= 0.3 is 17.8 Å². The number of aromatic hydroxyl groups is 1. The van der Waals surface area contributed by atoms with Crippen LogP contribution in [-0.4, -0.2) is 159 Å². The lowest BCUT2D eigenvalue weighted by Crippen LogP contribution is -2.50. The lowest BCUT2D eigenvalue weighted by Gasteiger charge is -2.38. The fourth-order valence-corrected chi connectivity index (χ4v) is 14.0. The van der Waals surface area contributed by atoms with E-state index in [1.54, 1.807) is 45.5 Å².